The molecule has 8 heteroatoms. The normalized spacial score (nSPS) is 13.9. The number of anilines is 4. The third-order valence-electron chi connectivity index (χ3n) is 14.0. The molecule has 8 aromatic rings. The second kappa shape index (κ2) is 17.1. The van der Waals surface area contributed by atoms with Crippen LogP contribution in [0.1, 0.15) is 137 Å². The molecule has 0 radical (unpaired) electrons. The summed E-state index contributed by atoms with van der Waals surface area (Å²) in [6.45, 7) is 34.2. The largest absolute Gasteiger partial charge is 0.457 e. The van der Waals surface area contributed by atoms with Gasteiger partial charge in [-0.1, -0.05) is 158 Å². The summed E-state index contributed by atoms with van der Waals surface area (Å²) >= 11 is 0. The fraction of sp³-hybridized carbons (Fsp3) is 0.349. The van der Waals surface area contributed by atoms with Gasteiger partial charge in [-0.3, -0.25) is 4.57 Å². The van der Waals surface area contributed by atoms with E-state index in [-0.39, 0.29) is 38.2 Å². The Labute approximate surface area is 419 Å². The minimum absolute atomic E-state index is 0.0598. The molecule has 0 N–H and O–H groups in total. The first-order valence-corrected chi connectivity index (χ1v) is 24.9. The van der Waals surface area contributed by atoms with Crippen LogP contribution in [0.3, 0.4) is 0 Å². The summed E-state index contributed by atoms with van der Waals surface area (Å²) in [6, 6.07) is 41.8. The zero-order chi connectivity index (χ0) is 51.4. The van der Waals surface area contributed by atoms with Crippen molar-refractivity contribution in [3.05, 3.63) is 167 Å². The lowest BCUT2D eigenvalue weighted by Gasteiger charge is -2.34. The predicted molar refractivity (Wildman–Crippen MR) is 291 cm³/mol. The van der Waals surface area contributed by atoms with Gasteiger partial charge in [-0.2, -0.15) is 13.2 Å². The topological polar surface area (TPSA) is 33.5 Å². The maximum atomic E-state index is 15.6. The highest BCUT2D eigenvalue weighted by Gasteiger charge is 2.37. The van der Waals surface area contributed by atoms with Crippen LogP contribution in [0, 0.1) is 0 Å². The van der Waals surface area contributed by atoms with E-state index >= 15 is 13.2 Å². The zero-order valence-corrected chi connectivity index (χ0v) is 44.2. The molecule has 1 aliphatic heterocycles. The van der Waals surface area contributed by atoms with Crippen molar-refractivity contribution < 1.29 is 17.9 Å². The number of hydrogen-bond donors (Lipinski definition) is 0. The summed E-state index contributed by atoms with van der Waals surface area (Å²) in [5.41, 5.74) is 11.9. The lowest BCUT2D eigenvalue weighted by molar-refractivity contribution is -0.136. The molecule has 0 unspecified atom stereocenters. The van der Waals surface area contributed by atoms with Gasteiger partial charge < -0.3 is 14.5 Å². The number of rotatable bonds is 6. The van der Waals surface area contributed by atoms with Crippen LogP contribution in [0.2, 0.25) is 0 Å². The highest BCUT2D eigenvalue weighted by atomic mass is 19.4. The summed E-state index contributed by atoms with van der Waals surface area (Å²) in [5, 5.41) is 0.580. The number of aromatic nitrogens is 2. The number of fused-ring (bicyclic) bond motifs is 4. The third kappa shape index (κ3) is 9.43. The second-order valence-corrected chi connectivity index (χ2v) is 24.7. The number of pyridine rings is 1. The molecule has 0 saturated heterocycles. The Morgan fingerprint density at radius 2 is 1.01 bits per heavy atom. The number of alkyl halides is 3. The fourth-order valence-corrected chi connectivity index (χ4v) is 10.0. The Balaban J connectivity index is 1.16. The standard InChI is InChI=1S/C63H69F3N4O/c1-58(2,3)40-30-41(59(4,5)6)32-44(31-40)69-38-68(52-25-18-19-26-53(52)69)43-21-20-22-45(35-43)71-46-36-50(63(64,65)66)57-47-23-16-17-24-51(47)70(54(57)37-46)55-29-39(27-28-67-55)56-48(61(10,11)12)33-42(60(7,8)9)34-49(56)62(13,14)15/h16-37H,38H2,1-15H3. The van der Waals surface area contributed by atoms with Gasteiger partial charge in [-0.15, -0.1) is 0 Å². The number of nitrogens with zero attached hydrogens (tertiary/aromatic N) is 4. The molecular formula is C63H69F3N4O. The summed E-state index contributed by atoms with van der Waals surface area (Å²) in [7, 11) is 0. The molecule has 1 aliphatic rings. The number of ether oxygens (including phenoxy) is 1. The van der Waals surface area contributed by atoms with Gasteiger partial charge in [0, 0.05) is 40.5 Å². The lowest BCUT2D eigenvalue weighted by atomic mass is 9.71. The van der Waals surface area contributed by atoms with E-state index in [0.29, 0.717) is 34.7 Å². The Morgan fingerprint density at radius 3 is 1.58 bits per heavy atom. The second-order valence-electron chi connectivity index (χ2n) is 24.7. The van der Waals surface area contributed by atoms with Gasteiger partial charge in [0.05, 0.1) is 28.0 Å². The molecule has 0 bridgehead atoms. The van der Waals surface area contributed by atoms with Crippen LogP contribution < -0.4 is 14.5 Å². The molecule has 0 aliphatic carbocycles. The molecule has 0 spiro atoms. The molecule has 2 aromatic heterocycles. The van der Waals surface area contributed by atoms with Gasteiger partial charge >= 0.3 is 6.18 Å². The lowest BCUT2D eigenvalue weighted by Crippen LogP contribution is -2.25. The van der Waals surface area contributed by atoms with Crippen LogP contribution in [-0.4, -0.2) is 16.2 Å². The van der Waals surface area contributed by atoms with E-state index in [1.54, 1.807) is 30.5 Å². The van der Waals surface area contributed by atoms with Crippen molar-refractivity contribution in [3.63, 3.8) is 0 Å². The molecule has 0 atom stereocenters. The van der Waals surface area contributed by atoms with E-state index in [2.05, 4.69) is 162 Å². The first-order valence-electron chi connectivity index (χ1n) is 24.9. The van der Waals surface area contributed by atoms with E-state index < -0.39 is 11.7 Å². The van der Waals surface area contributed by atoms with Gasteiger partial charge in [0.15, 0.2) is 0 Å². The van der Waals surface area contributed by atoms with Gasteiger partial charge in [0.1, 0.15) is 24.0 Å². The molecule has 0 fully saturated rings. The Bertz CT molecular complexity index is 3280. The number of para-hydroxylation sites is 3. The van der Waals surface area contributed by atoms with Crippen LogP contribution in [-0.2, 0) is 33.3 Å². The maximum absolute atomic E-state index is 15.6. The fourth-order valence-electron chi connectivity index (χ4n) is 10.0. The van der Waals surface area contributed by atoms with Crippen molar-refractivity contribution >= 4 is 44.6 Å². The van der Waals surface area contributed by atoms with Gasteiger partial charge in [-0.25, -0.2) is 4.98 Å². The van der Waals surface area contributed by atoms with Crippen LogP contribution >= 0.6 is 0 Å². The zero-order valence-electron chi connectivity index (χ0n) is 44.2. The maximum Gasteiger partial charge on any atom is 0.417 e. The minimum atomic E-state index is -4.69. The van der Waals surface area contributed by atoms with E-state index in [4.69, 9.17) is 9.72 Å². The van der Waals surface area contributed by atoms with Crippen LogP contribution in [0.4, 0.5) is 35.9 Å². The minimum Gasteiger partial charge on any atom is -0.457 e. The highest BCUT2D eigenvalue weighted by Crippen LogP contribution is 2.49. The number of benzene rings is 6. The molecule has 6 aromatic carbocycles. The average Bonchev–Trinajstić information content (AvgIpc) is 3.83. The molecule has 0 amide bonds. The summed E-state index contributed by atoms with van der Waals surface area (Å²) in [5.74, 6) is 1.00. The predicted octanol–water partition coefficient (Wildman–Crippen LogP) is 18.4. The molecule has 9 rings (SSSR count). The molecule has 0 saturated carbocycles. The Morgan fingerprint density at radius 1 is 0.465 bits per heavy atom. The Kier molecular flexibility index (Phi) is 11.9. The van der Waals surface area contributed by atoms with Crippen molar-refractivity contribution in [1.29, 1.82) is 0 Å². The van der Waals surface area contributed by atoms with E-state index in [1.165, 1.54) is 27.8 Å². The molecular weight excluding hydrogens is 886 g/mol. The first kappa shape index (κ1) is 49.4. The van der Waals surface area contributed by atoms with Crippen LogP contribution in [0.25, 0.3) is 38.8 Å². The van der Waals surface area contributed by atoms with Gasteiger partial charge in [0.25, 0.3) is 0 Å². The third-order valence-corrected chi connectivity index (χ3v) is 14.0. The van der Waals surface area contributed by atoms with E-state index in [9.17, 15) is 0 Å². The molecule has 71 heavy (non-hydrogen) atoms. The molecule has 3 heterocycles. The van der Waals surface area contributed by atoms with Crippen molar-refractivity contribution in [1.82, 2.24) is 9.55 Å². The van der Waals surface area contributed by atoms with Crippen molar-refractivity contribution in [2.45, 2.75) is 137 Å². The van der Waals surface area contributed by atoms with E-state index in [1.807, 2.05) is 53.1 Å². The number of halogens is 3. The quantitative estimate of drug-likeness (QED) is 0.166. The SMILES string of the molecule is CC(C)(C)c1cc(N2CN(c3cccc(Oc4cc(C(F)(F)F)c5c6ccccc6n(-c6cc(-c7c(C(C)(C)C)cc(C(C)(C)C)cc7C(C)(C)C)ccn6)c5c4)c3)c3ccccc32)cc(C(C)(C)C)c1. The molecule has 368 valence electrons. The van der Waals surface area contributed by atoms with E-state index in [0.717, 1.165) is 39.9 Å². The summed E-state index contributed by atoms with van der Waals surface area (Å²) < 4.78 is 55.1. The highest BCUT2D eigenvalue weighted by molar-refractivity contribution is 6.11. The number of hydrogen-bond acceptors (Lipinski definition) is 4. The van der Waals surface area contributed by atoms with Gasteiger partial charge in [0.2, 0.25) is 0 Å². The van der Waals surface area contributed by atoms with Crippen LogP contribution in [0.5, 0.6) is 11.5 Å². The molecule has 5 nitrogen and oxygen atoms in total. The Hall–Kier alpha value is -6.54. The van der Waals surface area contributed by atoms with Crippen molar-refractivity contribution in [2.75, 3.05) is 16.5 Å². The first-order chi connectivity index (χ1) is 33.0. The smallest absolute Gasteiger partial charge is 0.417 e. The summed E-state index contributed by atoms with van der Waals surface area (Å²) in [4.78, 5) is 9.49. The summed E-state index contributed by atoms with van der Waals surface area (Å²) in [6.07, 6.45) is -2.91. The average molecular weight is 955 g/mol. The van der Waals surface area contributed by atoms with Crippen LogP contribution in [0.15, 0.2) is 134 Å². The van der Waals surface area contributed by atoms with Crippen molar-refractivity contribution in [2.24, 2.45) is 0 Å². The van der Waals surface area contributed by atoms with Crippen molar-refractivity contribution in [3.8, 4) is 28.4 Å². The van der Waals surface area contributed by atoms with Gasteiger partial charge in [-0.05, 0) is 127 Å². The monoisotopic (exact) mass is 955 g/mol.